The average Bonchev–Trinajstić information content (AvgIpc) is 2.47. The van der Waals surface area contributed by atoms with Gasteiger partial charge in [-0.1, -0.05) is 6.92 Å². The summed E-state index contributed by atoms with van der Waals surface area (Å²) in [5.74, 6) is 0.0584. The van der Waals surface area contributed by atoms with Crippen LogP contribution in [0.3, 0.4) is 0 Å². The van der Waals surface area contributed by atoms with Crippen LogP contribution in [0.5, 0.6) is 0 Å². The van der Waals surface area contributed by atoms with Gasteiger partial charge in [0.2, 0.25) is 5.91 Å². The number of rotatable bonds is 4. The van der Waals surface area contributed by atoms with Crippen molar-refractivity contribution in [1.29, 1.82) is 0 Å². The second-order valence-corrected chi connectivity index (χ2v) is 5.42. The standard InChI is InChI=1S/C15H24N4O/c1-3-14(16)15-5-4-13(10-17-15)19-8-6-12(7-9-19)18-11(2)20/h4-5,10,12,14H,3,6-9,16H2,1-2H3,(H,18,20)/t14-/m0/s1. The zero-order chi connectivity index (χ0) is 14.5. The molecule has 0 aliphatic carbocycles. The molecule has 1 atom stereocenters. The van der Waals surface area contributed by atoms with Crippen molar-refractivity contribution in [3.63, 3.8) is 0 Å². The van der Waals surface area contributed by atoms with Gasteiger partial charge in [0.1, 0.15) is 0 Å². The number of anilines is 1. The molecule has 0 unspecified atom stereocenters. The Labute approximate surface area is 120 Å². The zero-order valence-electron chi connectivity index (χ0n) is 12.3. The lowest BCUT2D eigenvalue weighted by Gasteiger charge is -2.33. The SMILES string of the molecule is CC[C@H](N)c1ccc(N2CCC(NC(C)=O)CC2)cn1. The van der Waals surface area contributed by atoms with Crippen molar-refractivity contribution < 1.29 is 4.79 Å². The first-order valence-electron chi connectivity index (χ1n) is 7.33. The zero-order valence-corrected chi connectivity index (χ0v) is 12.3. The largest absolute Gasteiger partial charge is 0.370 e. The summed E-state index contributed by atoms with van der Waals surface area (Å²) in [4.78, 5) is 17.8. The monoisotopic (exact) mass is 276 g/mol. The fourth-order valence-corrected chi connectivity index (χ4v) is 2.58. The van der Waals surface area contributed by atoms with Crippen LogP contribution in [0.25, 0.3) is 0 Å². The minimum atomic E-state index is 0.0227. The maximum Gasteiger partial charge on any atom is 0.217 e. The van der Waals surface area contributed by atoms with Crippen LogP contribution in [0.15, 0.2) is 18.3 Å². The van der Waals surface area contributed by atoms with Crippen LogP contribution in [-0.2, 0) is 4.79 Å². The van der Waals surface area contributed by atoms with Gasteiger partial charge in [0, 0.05) is 32.1 Å². The molecule has 1 aliphatic rings. The van der Waals surface area contributed by atoms with Crippen molar-refractivity contribution in [2.75, 3.05) is 18.0 Å². The molecule has 5 nitrogen and oxygen atoms in total. The van der Waals surface area contributed by atoms with Gasteiger partial charge in [-0.15, -0.1) is 0 Å². The molecule has 2 heterocycles. The van der Waals surface area contributed by atoms with Gasteiger partial charge >= 0.3 is 0 Å². The number of piperidine rings is 1. The summed E-state index contributed by atoms with van der Waals surface area (Å²) in [6, 6.07) is 4.44. The maximum absolute atomic E-state index is 11.0. The van der Waals surface area contributed by atoms with Gasteiger partial charge in [0.25, 0.3) is 0 Å². The molecule has 0 radical (unpaired) electrons. The molecule has 1 aromatic rings. The van der Waals surface area contributed by atoms with Crippen LogP contribution in [0.2, 0.25) is 0 Å². The van der Waals surface area contributed by atoms with Crippen LogP contribution < -0.4 is 16.0 Å². The van der Waals surface area contributed by atoms with Gasteiger partial charge in [0.05, 0.1) is 17.6 Å². The molecule has 1 aliphatic heterocycles. The van der Waals surface area contributed by atoms with Crippen molar-refractivity contribution in [2.24, 2.45) is 5.73 Å². The number of nitrogens with zero attached hydrogens (tertiary/aromatic N) is 2. The molecule has 3 N–H and O–H groups in total. The predicted octanol–water partition coefficient (Wildman–Crippen LogP) is 1.60. The molecule has 0 bridgehead atoms. The van der Waals surface area contributed by atoms with E-state index in [1.54, 1.807) is 6.92 Å². The molecule has 1 saturated heterocycles. The number of hydrogen-bond donors (Lipinski definition) is 2. The molecule has 0 aromatic carbocycles. The third-order valence-electron chi connectivity index (χ3n) is 3.86. The lowest BCUT2D eigenvalue weighted by molar-refractivity contribution is -0.119. The Bertz CT molecular complexity index is 438. The van der Waals surface area contributed by atoms with Gasteiger partial charge in [-0.05, 0) is 31.4 Å². The van der Waals surface area contributed by atoms with Crippen LogP contribution in [0.1, 0.15) is 44.8 Å². The molecule has 1 amide bonds. The molecular weight excluding hydrogens is 252 g/mol. The van der Waals surface area contributed by atoms with E-state index in [2.05, 4.69) is 28.2 Å². The molecule has 5 heteroatoms. The number of nitrogens with one attached hydrogen (secondary N) is 1. The molecule has 2 rings (SSSR count). The van der Waals surface area contributed by atoms with Gasteiger partial charge in [-0.2, -0.15) is 0 Å². The molecule has 0 spiro atoms. The number of carbonyl (C=O) groups excluding carboxylic acids is 1. The highest BCUT2D eigenvalue weighted by atomic mass is 16.1. The van der Waals surface area contributed by atoms with E-state index in [4.69, 9.17) is 5.73 Å². The van der Waals surface area contributed by atoms with E-state index in [1.165, 1.54) is 0 Å². The molecule has 1 fully saturated rings. The highest BCUT2D eigenvalue weighted by Gasteiger charge is 2.20. The molecule has 20 heavy (non-hydrogen) atoms. The molecule has 1 aromatic heterocycles. The van der Waals surface area contributed by atoms with E-state index in [0.717, 1.165) is 43.7 Å². The van der Waals surface area contributed by atoms with Gasteiger partial charge in [-0.25, -0.2) is 0 Å². The van der Waals surface area contributed by atoms with E-state index in [1.807, 2.05) is 12.3 Å². The predicted molar refractivity (Wildman–Crippen MR) is 80.5 cm³/mol. The summed E-state index contributed by atoms with van der Waals surface area (Å²) in [7, 11) is 0. The van der Waals surface area contributed by atoms with Crippen LogP contribution >= 0.6 is 0 Å². The number of amides is 1. The van der Waals surface area contributed by atoms with Gasteiger partial charge in [-0.3, -0.25) is 9.78 Å². The lowest BCUT2D eigenvalue weighted by Crippen LogP contribution is -2.44. The second kappa shape index (κ2) is 6.70. The first-order chi connectivity index (χ1) is 9.60. The summed E-state index contributed by atoms with van der Waals surface area (Å²) < 4.78 is 0. The van der Waals surface area contributed by atoms with Crippen LogP contribution in [-0.4, -0.2) is 30.0 Å². The van der Waals surface area contributed by atoms with Gasteiger partial charge < -0.3 is 16.0 Å². The number of hydrogen-bond acceptors (Lipinski definition) is 4. The summed E-state index contributed by atoms with van der Waals surface area (Å²) >= 11 is 0. The van der Waals surface area contributed by atoms with Crippen molar-refractivity contribution in [2.45, 2.75) is 45.2 Å². The van der Waals surface area contributed by atoms with E-state index >= 15 is 0 Å². The molecular formula is C15H24N4O. The van der Waals surface area contributed by atoms with Crippen molar-refractivity contribution in [1.82, 2.24) is 10.3 Å². The first-order valence-corrected chi connectivity index (χ1v) is 7.33. The van der Waals surface area contributed by atoms with E-state index in [0.29, 0.717) is 6.04 Å². The smallest absolute Gasteiger partial charge is 0.217 e. The van der Waals surface area contributed by atoms with Gasteiger partial charge in [0.15, 0.2) is 0 Å². The maximum atomic E-state index is 11.0. The highest BCUT2D eigenvalue weighted by Crippen LogP contribution is 2.21. The fraction of sp³-hybridized carbons (Fsp3) is 0.600. The third kappa shape index (κ3) is 3.70. The Balaban J connectivity index is 1.92. The fourth-order valence-electron chi connectivity index (χ4n) is 2.58. The number of aromatic nitrogens is 1. The Kier molecular flexibility index (Phi) is 4.95. The highest BCUT2D eigenvalue weighted by molar-refractivity contribution is 5.73. The van der Waals surface area contributed by atoms with Crippen molar-refractivity contribution >= 4 is 11.6 Å². The third-order valence-corrected chi connectivity index (χ3v) is 3.86. The summed E-state index contributed by atoms with van der Waals surface area (Å²) in [6.07, 6.45) is 4.77. The number of pyridine rings is 1. The first kappa shape index (κ1) is 14.8. The van der Waals surface area contributed by atoms with Crippen LogP contribution in [0, 0.1) is 0 Å². The number of carbonyl (C=O) groups is 1. The summed E-state index contributed by atoms with van der Waals surface area (Å²) in [6.45, 7) is 5.54. The van der Waals surface area contributed by atoms with E-state index in [9.17, 15) is 4.79 Å². The summed E-state index contributed by atoms with van der Waals surface area (Å²) in [5, 5.41) is 2.99. The minimum Gasteiger partial charge on any atom is -0.370 e. The topological polar surface area (TPSA) is 71.2 Å². The molecule has 110 valence electrons. The Morgan fingerprint density at radius 1 is 1.50 bits per heavy atom. The Morgan fingerprint density at radius 2 is 2.20 bits per heavy atom. The number of nitrogens with two attached hydrogens (primary N) is 1. The average molecular weight is 276 g/mol. The van der Waals surface area contributed by atoms with Crippen molar-refractivity contribution in [3.8, 4) is 0 Å². The van der Waals surface area contributed by atoms with Crippen molar-refractivity contribution in [3.05, 3.63) is 24.0 Å². The quantitative estimate of drug-likeness (QED) is 0.876. The van der Waals surface area contributed by atoms with E-state index < -0.39 is 0 Å². The van der Waals surface area contributed by atoms with Crippen LogP contribution in [0.4, 0.5) is 5.69 Å². The molecule has 0 saturated carbocycles. The second-order valence-electron chi connectivity index (χ2n) is 5.42. The van der Waals surface area contributed by atoms with E-state index in [-0.39, 0.29) is 11.9 Å². The Morgan fingerprint density at radius 3 is 2.70 bits per heavy atom. The summed E-state index contributed by atoms with van der Waals surface area (Å²) in [5.41, 5.74) is 8.06. The minimum absolute atomic E-state index is 0.0227. The normalized spacial score (nSPS) is 17.9. The lowest BCUT2D eigenvalue weighted by atomic mass is 10.0. The Hall–Kier alpha value is -1.62.